The number of hydrogen-bond acceptors (Lipinski definition) is 2. The number of hydrogen-bond donors (Lipinski definition) is 0. The van der Waals surface area contributed by atoms with Crippen molar-refractivity contribution in [2.24, 2.45) is 0 Å². The van der Waals surface area contributed by atoms with Crippen molar-refractivity contribution in [3.63, 3.8) is 0 Å². The first kappa shape index (κ1) is 13.7. The van der Waals surface area contributed by atoms with Crippen molar-refractivity contribution in [1.82, 2.24) is 0 Å². The predicted molar refractivity (Wildman–Crippen MR) is 86.6 cm³/mol. The molecular weight excluding hydrogens is 291 g/mol. The molecule has 1 aliphatic rings. The second-order valence-electron chi connectivity index (χ2n) is 5.54. The average molecular weight is 304 g/mol. The number of ketones is 1. The van der Waals surface area contributed by atoms with Gasteiger partial charge in [0.1, 0.15) is 17.3 Å². The van der Waals surface area contributed by atoms with Crippen LogP contribution in [0.25, 0.3) is 17.4 Å². The second-order valence-corrected chi connectivity index (χ2v) is 5.54. The summed E-state index contributed by atoms with van der Waals surface area (Å²) in [4.78, 5) is 12.4. The zero-order valence-electron chi connectivity index (χ0n) is 12.3. The molecule has 1 heterocycles. The van der Waals surface area contributed by atoms with Crippen LogP contribution < -0.4 is 0 Å². The molecule has 0 spiro atoms. The summed E-state index contributed by atoms with van der Waals surface area (Å²) in [7, 11) is 0. The second kappa shape index (κ2) is 5.36. The number of Topliss-reactive ketones (excluding diaryl/α,β-unsaturated/α-hetero) is 1. The number of furan rings is 1. The fourth-order valence-corrected chi connectivity index (χ4v) is 2.84. The zero-order valence-corrected chi connectivity index (χ0v) is 12.3. The Hall–Kier alpha value is -2.94. The number of benzene rings is 2. The Morgan fingerprint density at radius 3 is 2.52 bits per heavy atom. The fourth-order valence-electron chi connectivity index (χ4n) is 2.84. The van der Waals surface area contributed by atoms with E-state index in [0.29, 0.717) is 17.9 Å². The van der Waals surface area contributed by atoms with Crippen molar-refractivity contribution < 1.29 is 13.6 Å². The number of carbonyl (C=O) groups is 1. The van der Waals surface area contributed by atoms with E-state index >= 15 is 0 Å². The van der Waals surface area contributed by atoms with Gasteiger partial charge in [-0.1, -0.05) is 24.3 Å². The van der Waals surface area contributed by atoms with E-state index in [1.165, 1.54) is 12.1 Å². The van der Waals surface area contributed by atoms with E-state index in [4.69, 9.17) is 4.42 Å². The maximum absolute atomic E-state index is 13.0. The maximum atomic E-state index is 13.0. The molecule has 1 aliphatic carbocycles. The van der Waals surface area contributed by atoms with Gasteiger partial charge in [-0.15, -0.1) is 0 Å². The Kier molecular flexibility index (Phi) is 3.19. The number of allylic oxidation sites excluding steroid dienone is 1. The van der Waals surface area contributed by atoms with Gasteiger partial charge in [0.05, 0.1) is 0 Å². The topological polar surface area (TPSA) is 30.2 Å². The van der Waals surface area contributed by atoms with Crippen molar-refractivity contribution in [3.05, 3.63) is 88.9 Å². The van der Waals surface area contributed by atoms with E-state index in [1.54, 1.807) is 18.2 Å². The Bertz CT molecular complexity index is 917. The molecule has 0 N–H and O–H groups in total. The molecule has 0 saturated carbocycles. The van der Waals surface area contributed by atoms with Gasteiger partial charge in [0.25, 0.3) is 0 Å². The maximum Gasteiger partial charge on any atom is 0.189 e. The zero-order chi connectivity index (χ0) is 15.8. The molecule has 0 aliphatic heterocycles. The molecule has 0 atom stereocenters. The van der Waals surface area contributed by atoms with E-state index in [-0.39, 0.29) is 11.6 Å². The molecule has 0 bridgehead atoms. The summed E-state index contributed by atoms with van der Waals surface area (Å²) in [5, 5.41) is 0. The Morgan fingerprint density at radius 2 is 1.74 bits per heavy atom. The summed E-state index contributed by atoms with van der Waals surface area (Å²) in [6.45, 7) is 0. The molecular formula is C20H13FO2. The van der Waals surface area contributed by atoms with Crippen LogP contribution in [0.1, 0.15) is 21.7 Å². The Balaban J connectivity index is 1.64. The molecule has 3 heteroatoms. The number of rotatable bonds is 2. The summed E-state index contributed by atoms with van der Waals surface area (Å²) in [5.74, 6) is 1.05. The first-order chi connectivity index (χ1) is 11.2. The lowest BCUT2D eigenvalue weighted by Gasteiger charge is -1.96. The molecule has 0 unspecified atom stereocenters. The van der Waals surface area contributed by atoms with Crippen molar-refractivity contribution in [2.45, 2.75) is 6.42 Å². The van der Waals surface area contributed by atoms with Crippen LogP contribution in [0.15, 0.2) is 70.7 Å². The monoisotopic (exact) mass is 304 g/mol. The van der Waals surface area contributed by atoms with Gasteiger partial charge in [-0.2, -0.15) is 0 Å². The molecule has 0 saturated heterocycles. The molecule has 2 nitrogen and oxygen atoms in total. The third-order valence-electron chi connectivity index (χ3n) is 4.01. The molecule has 23 heavy (non-hydrogen) atoms. The highest BCUT2D eigenvalue weighted by Crippen LogP contribution is 2.29. The van der Waals surface area contributed by atoms with E-state index in [1.807, 2.05) is 36.4 Å². The largest absolute Gasteiger partial charge is 0.457 e. The van der Waals surface area contributed by atoms with Crippen LogP contribution in [0.5, 0.6) is 0 Å². The standard InChI is InChI=1S/C20H13FO2/c21-16-7-5-13(6-8-16)19-10-9-17(23-19)12-15-11-14-3-1-2-4-18(14)20(15)22/h1-10,12H,11H2/b15-12-. The highest BCUT2D eigenvalue weighted by molar-refractivity contribution is 6.15. The van der Waals surface area contributed by atoms with Gasteiger partial charge in [0.2, 0.25) is 0 Å². The van der Waals surface area contributed by atoms with Crippen LogP contribution >= 0.6 is 0 Å². The van der Waals surface area contributed by atoms with Gasteiger partial charge in [-0.3, -0.25) is 4.79 Å². The lowest BCUT2D eigenvalue weighted by molar-refractivity contribution is 0.104. The summed E-state index contributed by atoms with van der Waals surface area (Å²) in [6.07, 6.45) is 2.41. The van der Waals surface area contributed by atoms with Crippen LogP contribution in [0.2, 0.25) is 0 Å². The SMILES string of the molecule is O=C1/C(=C\c2ccc(-c3ccc(F)cc3)o2)Cc2ccccc21. The quantitative estimate of drug-likeness (QED) is 0.630. The van der Waals surface area contributed by atoms with Crippen molar-refractivity contribution in [3.8, 4) is 11.3 Å². The van der Waals surface area contributed by atoms with Gasteiger partial charge in [-0.25, -0.2) is 4.39 Å². The van der Waals surface area contributed by atoms with Crippen molar-refractivity contribution in [2.75, 3.05) is 0 Å². The minimum atomic E-state index is -0.281. The van der Waals surface area contributed by atoms with Crippen LogP contribution in [-0.2, 0) is 6.42 Å². The van der Waals surface area contributed by atoms with E-state index in [9.17, 15) is 9.18 Å². The minimum Gasteiger partial charge on any atom is -0.457 e. The van der Waals surface area contributed by atoms with E-state index in [2.05, 4.69) is 0 Å². The normalized spacial score (nSPS) is 15.2. The summed E-state index contributed by atoms with van der Waals surface area (Å²) >= 11 is 0. The van der Waals surface area contributed by atoms with Crippen LogP contribution in [0, 0.1) is 5.82 Å². The van der Waals surface area contributed by atoms with E-state index < -0.39 is 0 Å². The van der Waals surface area contributed by atoms with Gasteiger partial charge in [0, 0.05) is 23.1 Å². The molecule has 3 aromatic rings. The molecule has 1 aromatic heterocycles. The van der Waals surface area contributed by atoms with Gasteiger partial charge < -0.3 is 4.42 Å². The molecule has 2 aromatic carbocycles. The number of carbonyl (C=O) groups excluding carboxylic acids is 1. The number of fused-ring (bicyclic) bond motifs is 1. The smallest absolute Gasteiger partial charge is 0.189 e. The van der Waals surface area contributed by atoms with Crippen molar-refractivity contribution >= 4 is 11.9 Å². The molecule has 0 radical (unpaired) electrons. The summed E-state index contributed by atoms with van der Waals surface area (Å²) in [5.41, 5.74) is 3.35. The predicted octanol–water partition coefficient (Wildman–Crippen LogP) is 4.91. The Labute approximate surface area is 132 Å². The minimum absolute atomic E-state index is 0.0559. The highest BCUT2D eigenvalue weighted by atomic mass is 19.1. The van der Waals surface area contributed by atoms with Crippen LogP contribution in [0.4, 0.5) is 4.39 Å². The fraction of sp³-hybridized carbons (Fsp3) is 0.0500. The molecule has 0 fully saturated rings. The van der Waals surface area contributed by atoms with E-state index in [0.717, 1.165) is 22.3 Å². The molecule has 0 amide bonds. The molecule has 4 rings (SSSR count). The third kappa shape index (κ3) is 2.50. The third-order valence-corrected chi connectivity index (χ3v) is 4.01. The average Bonchev–Trinajstić information content (AvgIpc) is 3.15. The lowest BCUT2D eigenvalue weighted by atomic mass is 10.1. The molecule has 112 valence electrons. The Morgan fingerprint density at radius 1 is 0.957 bits per heavy atom. The summed E-state index contributed by atoms with van der Waals surface area (Å²) < 4.78 is 18.7. The van der Waals surface area contributed by atoms with Gasteiger partial charge in [-0.05, 0) is 48.0 Å². The highest BCUT2D eigenvalue weighted by Gasteiger charge is 2.24. The van der Waals surface area contributed by atoms with Crippen LogP contribution in [0.3, 0.4) is 0 Å². The van der Waals surface area contributed by atoms with Crippen LogP contribution in [-0.4, -0.2) is 5.78 Å². The lowest BCUT2D eigenvalue weighted by Crippen LogP contribution is -1.94. The van der Waals surface area contributed by atoms with Gasteiger partial charge in [0.15, 0.2) is 5.78 Å². The number of halogens is 1. The first-order valence-electron chi connectivity index (χ1n) is 7.40. The summed E-state index contributed by atoms with van der Waals surface area (Å²) in [6, 6.07) is 17.4. The van der Waals surface area contributed by atoms with Gasteiger partial charge >= 0.3 is 0 Å². The first-order valence-corrected chi connectivity index (χ1v) is 7.40. The van der Waals surface area contributed by atoms with Crippen molar-refractivity contribution in [1.29, 1.82) is 0 Å².